The quantitative estimate of drug-likeness (QED) is 0.827. The molecule has 0 spiro atoms. The van der Waals surface area contributed by atoms with E-state index < -0.39 is 9.84 Å². The Hall–Kier alpha value is -0.870. The van der Waals surface area contributed by atoms with Gasteiger partial charge in [0.15, 0.2) is 9.84 Å². The van der Waals surface area contributed by atoms with E-state index in [-0.39, 0.29) is 5.75 Å². The van der Waals surface area contributed by atoms with E-state index in [2.05, 4.69) is 19.2 Å². The molecule has 1 unspecified atom stereocenters. The van der Waals surface area contributed by atoms with Gasteiger partial charge < -0.3 is 5.32 Å². The van der Waals surface area contributed by atoms with Gasteiger partial charge in [-0.1, -0.05) is 26.0 Å². The molecule has 1 aromatic rings. The van der Waals surface area contributed by atoms with Gasteiger partial charge in [-0.25, -0.2) is 8.42 Å². The lowest BCUT2D eigenvalue weighted by molar-refractivity contribution is 0.565. The van der Waals surface area contributed by atoms with Crippen LogP contribution in [0.1, 0.15) is 32.8 Å². The van der Waals surface area contributed by atoms with Crippen LogP contribution in [0.15, 0.2) is 29.2 Å². The van der Waals surface area contributed by atoms with Gasteiger partial charge in [-0.2, -0.15) is 0 Å². The van der Waals surface area contributed by atoms with Crippen LogP contribution in [0.4, 0.5) is 0 Å². The van der Waals surface area contributed by atoms with Crippen molar-refractivity contribution in [3.63, 3.8) is 0 Å². The predicted octanol–water partition coefficient (Wildman–Crippen LogP) is 2.41. The summed E-state index contributed by atoms with van der Waals surface area (Å²) in [6.45, 7) is 7.04. The molecule has 0 aliphatic heterocycles. The Bertz CT molecular complexity index is 451. The Morgan fingerprint density at radius 1 is 1.17 bits per heavy atom. The minimum atomic E-state index is -3.08. The number of nitrogens with one attached hydrogen (secondary N) is 1. The molecule has 0 heterocycles. The summed E-state index contributed by atoms with van der Waals surface area (Å²) in [5.74, 6) is 0.222. The second-order valence-electron chi connectivity index (χ2n) is 4.63. The molecule has 0 radical (unpaired) electrons. The van der Waals surface area contributed by atoms with Gasteiger partial charge in [0, 0.05) is 6.04 Å². The van der Waals surface area contributed by atoms with Gasteiger partial charge >= 0.3 is 0 Å². The van der Waals surface area contributed by atoms with Crippen molar-refractivity contribution in [3.05, 3.63) is 29.8 Å². The molecular formula is C14H23NO2S. The molecule has 1 rings (SSSR count). The molecular weight excluding hydrogens is 246 g/mol. The average molecular weight is 269 g/mol. The Labute approximate surface area is 111 Å². The molecule has 18 heavy (non-hydrogen) atoms. The molecule has 0 saturated carbocycles. The first-order chi connectivity index (χ1) is 8.49. The number of likely N-dealkylation sites (N-methyl/N-ethyl adjacent to an activating group) is 1. The molecule has 0 amide bonds. The van der Waals surface area contributed by atoms with Crippen LogP contribution in [0.25, 0.3) is 0 Å². The minimum Gasteiger partial charge on any atom is -0.314 e. The summed E-state index contributed by atoms with van der Waals surface area (Å²) in [7, 11) is -3.08. The van der Waals surface area contributed by atoms with Crippen molar-refractivity contribution in [2.24, 2.45) is 0 Å². The molecule has 102 valence electrons. The fourth-order valence-corrected chi connectivity index (χ4v) is 3.32. The number of benzene rings is 1. The maximum Gasteiger partial charge on any atom is 0.178 e. The van der Waals surface area contributed by atoms with Gasteiger partial charge in [-0.3, -0.25) is 0 Å². The highest BCUT2D eigenvalue weighted by molar-refractivity contribution is 7.91. The van der Waals surface area contributed by atoms with E-state index in [1.165, 1.54) is 5.56 Å². The number of sulfone groups is 1. The van der Waals surface area contributed by atoms with Crippen molar-refractivity contribution in [1.82, 2.24) is 5.32 Å². The van der Waals surface area contributed by atoms with E-state index in [1.807, 2.05) is 19.1 Å². The molecule has 0 aliphatic carbocycles. The van der Waals surface area contributed by atoms with E-state index in [0.29, 0.717) is 17.4 Å². The lowest BCUT2D eigenvalue weighted by atomic mass is 10.1. The highest BCUT2D eigenvalue weighted by Crippen LogP contribution is 2.14. The monoisotopic (exact) mass is 269 g/mol. The number of hydrogen-bond donors (Lipinski definition) is 1. The summed E-state index contributed by atoms with van der Waals surface area (Å²) in [4.78, 5) is 0.434. The van der Waals surface area contributed by atoms with Crippen molar-refractivity contribution in [2.75, 3.05) is 12.3 Å². The van der Waals surface area contributed by atoms with Gasteiger partial charge in [0.05, 0.1) is 10.6 Å². The molecule has 3 nitrogen and oxygen atoms in total. The van der Waals surface area contributed by atoms with Crippen LogP contribution in [0, 0.1) is 0 Å². The van der Waals surface area contributed by atoms with Crippen LogP contribution in [0.3, 0.4) is 0 Å². The Morgan fingerprint density at radius 2 is 1.78 bits per heavy atom. The molecule has 1 N–H and O–H groups in total. The van der Waals surface area contributed by atoms with E-state index in [4.69, 9.17) is 0 Å². The lowest BCUT2D eigenvalue weighted by Crippen LogP contribution is -2.27. The number of rotatable bonds is 7. The van der Waals surface area contributed by atoms with Gasteiger partial charge in [0.2, 0.25) is 0 Å². The molecule has 0 fully saturated rings. The Balaban J connectivity index is 2.74. The van der Waals surface area contributed by atoms with Crippen molar-refractivity contribution in [1.29, 1.82) is 0 Å². The average Bonchev–Trinajstić information content (AvgIpc) is 2.30. The summed E-state index contributed by atoms with van der Waals surface area (Å²) in [5, 5.41) is 3.34. The van der Waals surface area contributed by atoms with Crippen molar-refractivity contribution in [2.45, 2.75) is 44.6 Å². The maximum absolute atomic E-state index is 11.9. The smallest absolute Gasteiger partial charge is 0.178 e. The summed E-state index contributed by atoms with van der Waals surface area (Å²) in [5.41, 5.74) is 1.17. The van der Waals surface area contributed by atoms with E-state index in [9.17, 15) is 8.42 Å². The zero-order chi connectivity index (χ0) is 13.6. The summed E-state index contributed by atoms with van der Waals surface area (Å²) in [6, 6.07) is 7.68. The highest BCUT2D eigenvalue weighted by Gasteiger charge is 2.12. The van der Waals surface area contributed by atoms with Gasteiger partial charge in [0.1, 0.15) is 0 Å². The first kappa shape index (κ1) is 15.2. The first-order valence-electron chi connectivity index (χ1n) is 6.54. The third-order valence-corrected chi connectivity index (χ3v) is 4.79. The Morgan fingerprint density at radius 3 is 2.28 bits per heavy atom. The van der Waals surface area contributed by atoms with Gasteiger partial charge in [0.25, 0.3) is 0 Å². The topological polar surface area (TPSA) is 46.2 Å². The first-order valence-corrected chi connectivity index (χ1v) is 8.20. The molecule has 1 aromatic carbocycles. The third-order valence-electron chi connectivity index (χ3n) is 2.85. The van der Waals surface area contributed by atoms with E-state index in [0.717, 1.165) is 13.0 Å². The zero-order valence-corrected chi connectivity index (χ0v) is 12.3. The van der Waals surface area contributed by atoms with Crippen LogP contribution < -0.4 is 5.32 Å². The molecule has 0 aliphatic rings. The summed E-state index contributed by atoms with van der Waals surface area (Å²) < 4.78 is 23.7. The third kappa shape index (κ3) is 4.42. The molecule has 1 atom stereocenters. The maximum atomic E-state index is 11.9. The largest absolute Gasteiger partial charge is 0.314 e. The van der Waals surface area contributed by atoms with Crippen LogP contribution in [0.2, 0.25) is 0 Å². The summed E-state index contributed by atoms with van der Waals surface area (Å²) >= 11 is 0. The van der Waals surface area contributed by atoms with Crippen molar-refractivity contribution >= 4 is 9.84 Å². The normalized spacial score (nSPS) is 13.5. The predicted molar refractivity (Wildman–Crippen MR) is 75.6 cm³/mol. The lowest BCUT2D eigenvalue weighted by Gasteiger charge is -2.12. The summed E-state index contributed by atoms with van der Waals surface area (Å²) in [6.07, 6.45) is 1.57. The van der Waals surface area contributed by atoms with Crippen LogP contribution in [-0.2, 0) is 16.3 Å². The van der Waals surface area contributed by atoms with Gasteiger partial charge in [-0.05, 0) is 44.0 Å². The van der Waals surface area contributed by atoms with Crippen molar-refractivity contribution in [3.8, 4) is 0 Å². The SMILES string of the molecule is CCCS(=O)(=O)c1ccc(CC(C)NCC)cc1. The van der Waals surface area contributed by atoms with Gasteiger partial charge in [-0.15, -0.1) is 0 Å². The number of hydrogen-bond acceptors (Lipinski definition) is 3. The second-order valence-corrected chi connectivity index (χ2v) is 6.73. The van der Waals surface area contributed by atoms with E-state index in [1.54, 1.807) is 12.1 Å². The minimum absolute atomic E-state index is 0.222. The second kappa shape index (κ2) is 6.90. The van der Waals surface area contributed by atoms with Crippen LogP contribution in [0.5, 0.6) is 0 Å². The van der Waals surface area contributed by atoms with E-state index >= 15 is 0 Å². The molecule has 0 aromatic heterocycles. The van der Waals surface area contributed by atoms with Crippen LogP contribution >= 0.6 is 0 Å². The Kier molecular flexibility index (Phi) is 5.82. The molecule has 0 saturated heterocycles. The molecule has 0 bridgehead atoms. The fourth-order valence-electron chi connectivity index (χ4n) is 1.99. The zero-order valence-electron chi connectivity index (χ0n) is 11.4. The highest BCUT2D eigenvalue weighted by atomic mass is 32.2. The fraction of sp³-hybridized carbons (Fsp3) is 0.571. The molecule has 4 heteroatoms. The van der Waals surface area contributed by atoms with Crippen molar-refractivity contribution < 1.29 is 8.42 Å². The van der Waals surface area contributed by atoms with Crippen LogP contribution in [-0.4, -0.2) is 26.8 Å². The standard InChI is InChI=1S/C14H23NO2S/c1-4-10-18(16,17)14-8-6-13(7-9-14)11-12(3)15-5-2/h6-9,12,15H,4-5,10-11H2,1-3H3.